The highest BCUT2D eigenvalue weighted by atomic mass is 32.1. The molecule has 2 aliphatic rings. The van der Waals surface area contributed by atoms with Gasteiger partial charge in [-0.05, 0) is 19.3 Å². The first-order valence-corrected chi connectivity index (χ1v) is 8.17. The summed E-state index contributed by atoms with van der Waals surface area (Å²) in [5.74, 6) is 1.76. The largest absolute Gasteiger partial charge is 0.389 e. The Kier molecular flexibility index (Phi) is 3.52. The lowest BCUT2D eigenvalue weighted by atomic mass is 9.71. The van der Waals surface area contributed by atoms with Gasteiger partial charge < -0.3 is 10.0 Å². The first-order valence-electron chi connectivity index (χ1n) is 7.39. The minimum absolute atomic E-state index is 0.390. The zero-order valence-electron chi connectivity index (χ0n) is 11.8. The maximum atomic E-state index is 10.7. The number of piperidine rings is 1. The Labute approximate surface area is 119 Å². The van der Waals surface area contributed by atoms with E-state index in [9.17, 15) is 5.11 Å². The highest BCUT2D eigenvalue weighted by molar-refractivity contribution is 7.09. The molecule has 0 amide bonds. The Bertz CT molecular complexity index is 448. The summed E-state index contributed by atoms with van der Waals surface area (Å²) in [5.41, 5.74) is -0.402. The van der Waals surface area contributed by atoms with Gasteiger partial charge in [0.15, 0.2) is 0 Å². The van der Waals surface area contributed by atoms with Crippen LogP contribution >= 0.6 is 11.5 Å². The van der Waals surface area contributed by atoms with E-state index in [1.165, 1.54) is 24.4 Å². The Morgan fingerprint density at radius 1 is 1.37 bits per heavy atom. The third-order valence-corrected chi connectivity index (χ3v) is 5.44. The lowest BCUT2D eigenvalue weighted by molar-refractivity contribution is -0.0612. The summed E-state index contributed by atoms with van der Waals surface area (Å²) in [7, 11) is 0. The highest BCUT2D eigenvalue weighted by Crippen LogP contribution is 2.41. The molecule has 3 rings (SSSR count). The molecular weight excluding hydrogens is 258 g/mol. The first-order chi connectivity index (χ1) is 9.08. The van der Waals surface area contributed by atoms with Crippen molar-refractivity contribution in [3.8, 4) is 0 Å². The van der Waals surface area contributed by atoms with Crippen LogP contribution in [0.25, 0.3) is 0 Å². The minimum Gasteiger partial charge on any atom is -0.389 e. The predicted molar refractivity (Wildman–Crippen MR) is 77.7 cm³/mol. The van der Waals surface area contributed by atoms with Crippen molar-refractivity contribution < 1.29 is 5.11 Å². The van der Waals surface area contributed by atoms with Gasteiger partial charge in [0.1, 0.15) is 5.82 Å². The van der Waals surface area contributed by atoms with Gasteiger partial charge in [-0.1, -0.05) is 26.7 Å². The van der Waals surface area contributed by atoms with Crippen LogP contribution in [0.1, 0.15) is 57.7 Å². The zero-order chi connectivity index (χ0) is 13.5. The van der Waals surface area contributed by atoms with Crippen LogP contribution in [0.5, 0.6) is 0 Å². The molecule has 106 valence electrons. The monoisotopic (exact) mass is 281 g/mol. The second-order valence-electron chi connectivity index (χ2n) is 6.33. The Balaban J connectivity index is 1.73. The lowest BCUT2D eigenvalue weighted by Gasteiger charge is -2.47. The van der Waals surface area contributed by atoms with Gasteiger partial charge in [0.05, 0.1) is 5.60 Å². The van der Waals surface area contributed by atoms with Crippen LogP contribution in [0.2, 0.25) is 0 Å². The summed E-state index contributed by atoms with van der Waals surface area (Å²) in [6.45, 7) is 6.12. The van der Waals surface area contributed by atoms with E-state index in [4.69, 9.17) is 0 Å². The maximum Gasteiger partial charge on any atom is 0.205 e. The molecule has 1 aliphatic heterocycles. The molecule has 1 aromatic heterocycles. The van der Waals surface area contributed by atoms with Gasteiger partial charge in [-0.25, -0.2) is 4.98 Å². The Hall–Kier alpha value is -0.680. The molecule has 2 atom stereocenters. The number of rotatable bonds is 2. The highest BCUT2D eigenvalue weighted by Gasteiger charge is 2.43. The number of hydrogen-bond acceptors (Lipinski definition) is 5. The van der Waals surface area contributed by atoms with Gasteiger partial charge in [0.25, 0.3) is 0 Å². The summed E-state index contributed by atoms with van der Waals surface area (Å²) in [6, 6.07) is 0. The van der Waals surface area contributed by atoms with E-state index in [2.05, 4.69) is 28.1 Å². The van der Waals surface area contributed by atoms with E-state index in [0.717, 1.165) is 43.3 Å². The lowest BCUT2D eigenvalue weighted by Crippen LogP contribution is -2.53. The van der Waals surface area contributed by atoms with Crippen LogP contribution in [0.15, 0.2) is 0 Å². The number of nitrogens with zero attached hydrogens (tertiary/aromatic N) is 3. The molecule has 1 N–H and O–H groups in total. The van der Waals surface area contributed by atoms with Gasteiger partial charge in [0, 0.05) is 36.5 Å². The molecule has 19 heavy (non-hydrogen) atoms. The molecule has 4 nitrogen and oxygen atoms in total. The fourth-order valence-corrected chi connectivity index (χ4v) is 4.18. The normalized spacial score (nSPS) is 31.6. The molecule has 5 heteroatoms. The fraction of sp³-hybridized carbons (Fsp3) is 0.857. The SMILES string of the molecule is CC(C)c1nsc(N2CCC3(O)CCCCC3C2)n1. The van der Waals surface area contributed by atoms with Crippen molar-refractivity contribution >= 4 is 16.7 Å². The summed E-state index contributed by atoms with van der Waals surface area (Å²) < 4.78 is 4.44. The fourth-order valence-electron chi connectivity index (χ4n) is 3.33. The summed E-state index contributed by atoms with van der Waals surface area (Å²) in [6.07, 6.45) is 5.47. The number of aromatic nitrogens is 2. The van der Waals surface area contributed by atoms with Crippen LogP contribution in [0.4, 0.5) is 5.13 Å². The molecule has 2 heterocycles. The van der Waals surface area contributed by atoms with E-state index in [1.54, 1.807) is 0 Å². The summed E-state index contributed by atoms with van der Waals surface area (Å²) >= 11 is 1.51. The molecule has 0 aromatic carbocycles. The van der Waals surface area contributed by atoms with Crippen molar-refractivity contribution in [1.82, 2.24) is 9.36 Å². The van der Waals surface area contributed by atoms with Crippen molar-refractivity contribution in [1.29, 1.82) is 0 Å². The van der Waals surface area contributed by atoms with Crippen molar-refractivity contribution in [2.45, 2.75) is 57.5 Å². The van der Waals surface area contributed by atoms with Crippen molar-refractivity contribution in [2.75, 3.05) is 18.0 Å². The van der Waals surface area contributed by atoms with Crippen LogP contribution in [-0.2, 0) is 0 Å². The molecule has 1 aliphatic carbocycles. The van der Waals surface area contributed by atoms with E-state index < -0.39 is 5.60 Å². The van der Waals surface area contributed by atoms with Gasteiger partial charge in [-0.15, -0.1) is 0 Å². The number of fused-ring (bicyclic) bond motifs is 1. The third-order valence-electron chi connectivity index (χ3n) is 4.65. The summed E-state index contributed by atoms with van der Waals surface area (Å²) in [4.78, 5) is 6.97. The van der Waals surface area contributed by atoms with E-state index in [-0.39, 0.29) is 0 Å². The van der Waals surface area contributed by atoms with E-state index >= 15 is 0 Å². The molecule has 1 aromatic rings. The maximum absolute atomic E-state index is 10.7. The van der Waals surface area contributed by atoms with E-state index in [0.29, 0.717) is 11.8 Å². The zero-order valence-corrected chi connectivity index (χ0v) is 12.6. The molecule has 1 saturated heterocycles. The van der Waals surface area contributed by atoms with Gasteiger partial charge >= 0.3 is 0 Å². The van der Waals surface area contributed by atoms with Crippen molar-refractivity contribution in [3.05, 3.63) is 5.82 Å². The molecular formula is C14H23N3OS. The Morgan fingerprint density at radius 3 is 2.95 bits per heavy atom. The van der Waals surface area contributed by atoms with Gasteiger partial charge in [0.2, 0.25) is 5.13 Å². The quantitative estimate of drug-likeness (QED) is 0.905. The number of hydrogen-bond donors (Lipinski definition) is 1. The standard InChI is InChI=1S/C14H23N3OS/c1-10(2)12-15-13(19-16-12)17-8-7-14(18)6-4-3-5-11(14)9-17/h10-11,18H,3-9H2,1-2H3. The molecule has 0 spiro atoms. The molecule has 0 radical (unpaired) electrons. The van der Waals surface area contributed by atoms with Crippen LogP contribution in [-0.4, -0.2) is 33.2 Å². The summed E-state index contributed by atoms with van der Waals surface area (Å²) in [5, 5.41) is 11.7. The average Bonchev–Trinajstić information content (AvgIpc) is 2.87. The van der Waals surface area contributed by atoms with Crippen LogP contribution in [0.3, 0.4) is 0 Å². The van der Waals surface area contributed by atoms with Gasteiger partial charge in [-0.3, -0.25) is 0 Å². The van der Waals surface area contributed by atoms with E-state index in [1.807, 2.05) is 0 Å². The second kappa shape index (κ2) is 5.02. The Morgan fingerprint density at radius 2 is 2.21 bits per heavy atom. The van der Waals surface area contributed by atoms with Crippen LogP contribution in [0, 0.1) is 5.92 Å². The van der Waals surface area contributed by atoms with Crippen molar-refractivity contribution in [3.63, 3.8) is 0 Å². The van der Waals surface area contributed by atoms with Gasteiger partial charge in [-0.2, -0.15) is 4.37 Å². The molecule has 2 fully saturated rings. The molecule has 2 unspecified atom stereocenters. The topological polar surface area (TPSA) is 49.2 Å². The molecule has 1 saturated carbocycles. The average molecular weight is 281 g/mol. The first kappa shape index (κ1) is 13.3. The second-order valence-corrected chi connectivity index (χ2v) is 7.06. The number of anilines is 1. The number of aliphatic hydroxyl groups is 1. The smallest absolute Gasteiger partial charge is 0.205 e. The third kappa shape index (κ3) is 2.50. The van der Waals surface area contributed by atoms with Crippen molar-refractivity contribution in [2.24, 2.45) is 5.92 Å². The predicted octanol–water partition coefficient (Wildman–Crippen LogP) is 2.79. The minimum atomic E-state index is -0.402. The van der Waals surface area contributed by atoms with Crippen LogP contribution < -0.4 is 4.90 Å². The molecule has 0 bridgehead atoms.